The number of anilines is 3. The fraction of sp³-hybridized carbons (Fsp3) is 0.364. The summed E-state index contributed by atoms with van der Waals surface area (Å²) in [6.07, 6.45) is 3.61. The number of aromatic amines is 1. The van der Waals surface area contributed by atoms with E-state index in [1.54, 1.807) is 19.3 Å². The van der Waals surface area contributed by atoms with E-state index < -0.39 is 0 Å². The highest BCUT2D eigenvalue weighted by atomic mass is 16.1. The van der Waals surface area contributed by atoms with E-state index in [1.165, 1.54) is 5.56 Å². The highest BCUT2D eigenvalue weighted by Crippen LogP contribution is 2.21. The first-order valence-corrected chi connectivity index (χ1v) is 10.4. The van der Waals surface area contributed by atoms with Gasteiger partial charge in [-0.15, -0.1) is 0 Å². The molecule has 162 valence electrons. The molecule has 0 bridgehead atoms. The van der Waals surface area contributed by atoms with Gasteiger partial charge in [0.2, 0.25) is 5.95 Å². The first-order chi connectivity index (χ1) is 15.0. The van der Waals surface area contributed by atoms with Crippen molar-refractivity contribution in [2.75, 3.05) is 43.4 Å². The maximum absolute atomic E-state index is 11.8. The van der Waals surface area contributed by atoms with Crippen LogP contribution in [0.4, 0.5) is 17.5 Å². The highest BCUT2D eigenvalue weighted by Gasteiger charge is 2.20. The van der Waals surface area contributed by atoms with Crippen LogP contribution in [0.5, 0.6) is 0 Å². The predicted octanol–water partition coefficient (Wildman–Crippen LogP) is 2.24. The van der Waals surface area contributed by atoms with Crippen molar-refractivity contribution in [1.82, 2.24) is 30.2 Å². The molecule has 1 aliphatic heterocycles. The Kier molecular flexibility index (Phi) is 6.13. The molecule has 4 rings (SSSR count). The summed E-state index contributed by atoms with van der Waals surface area (Å²) in [4.78, 5) is 32.8. The number of pyridine rings is 2. The van der Waals surface area contributed by atoms with Gasteiger partial charge in [-0.05, 0) is 43.7 Å². The second-order valence-electron chi connectivity index (χ2n) is 7.73. The molecule has 3 aromatic rings. The van der Waals surface area contributed by atoms with Crippen LogP contribution >= 0.6 is 0 Å². The van der Waals surface area contributed by atoms with Crippen LogP contribution in [0.1, 0.15) is 27.4 Å². The number of rotatable bonds is 6. The second-order valence-corrected chi connectivity index (χ2v) is 7.73. The van der Waals surface area contributed by atoms with Crippen LogP contribution in [0.2, 0.25) is 0 Å². The summed E-state index contributed by atoms with van der Waals surface area (Å²) in [6, 6.07) is 7.91. The summed E-state index contributed by atoms with van der Waals surface area (Å²) in [5.74, 6) is 1.32. The predicted molar refractivity (Wildman–Crippen MR) is 121 cm³/mol. The Hall–Kier alpha value is -3.46. The van der Waals surface area contributed by atoms with Crippen molar-refractivity contribution >= 4 is 23.4 Å². The Labute approximate surface area is 181 Å². The van der Waals surface area contributed by atoms with Gasteiger partial charge in [0.15, 0.2) is 0 Å². The fourth-order valence-electron chi connectivity index (χ4n) is 3.79. The third-order valence-electron chi connectivity index (χ3n) is 5.41. The van der Waals surface area contributed by atoms with Gasteiger partial charge in [-0.2, -0.15) is 0 Å². The number of hydrogen-bond donors (Lipinski definition) is 3. The van der Waals surface area contributed by atoms with Gasteiger partial charge in [0.05, 0.1) is 11.4 Å². The molecule has 1 aliphatic rings. The zero-order valence-electron chi connectivity index (χ0n) is 18.1. The molecule has 31 heavy (non-hydrogen) atoms. The monoisotopic (exact) mass is 420 g/mol. The SMILES string of the molecule is CNC(=O)c1ccc(N2CCN(Cc3ccnc(Nc4ncc(C)[nH]4)c3)CC2)c(C)n1. The van der Waals surface area contributed by atoms with E-state index in [0.717, 1.165) is 55.6 Å². The van der Waals surface area contributed by atoms with Gasteiger partial charge < -0.3 is 20.5 Å². The molecule has 0 atom stereocenters. The average Bonchev–Trinajstić information content (AvgIpc) is 3.18. The van der Waals surface area contributed by atoms with Crippen molar-refractivity contribution in [3.8, 4) is 0 Å². The van der Waals surface area contributed by atoms with Crippen LogP contribution in [0.25, 0.3) is 0 Å². The number of aryl methyl sites for hydroxylation is 2. The number of carbonyl (C=O) groups excluding carboxylic acids is 1. The number of imidazole rings is 1. The van der Waals surface area contributed by atoms with Gasteiger partial charge in [-0.3, -0.25) is 9.69 Å². The number of aromatic nitrogens is 4. The Morgan fingerprint density at radius 3 is 2.61 bits per heavy atom. The van der Waals surface area contributed by atoms with Crippen LogP contribution in [0.15, 0.2) is 36.7 Å². The molecule has 1 saturated heterocycles. The summed E-state index contributed by atoms with van der Waals surface area (Å²) in [5, 5.41) is 5.83. The minimum atomic E-state index is -0.159. The topological polar surface area (TPSA) is 102 Å². The van der Waals surface area contributed by atoms with Crippen molar-refractivity contribution in [1.29, 1.82) is 0 Å². The maximum Gasteiger partial charge on any atom is 0.269 e. The van der Waals surface area contributed by atoms with Crippen LogP contribution < -0.4 is 15.5 Å². The van der Waals surface area contributed by atoms with E-state index in [4.69, 9.17) is 0 Å². The van der Waals surface area contributed by atoms with Gasteiger partial charge in [-0.25, -0.2) is 15.0 Å². The zero-order chi connectivity index (χ0) is 21.8. The van der Waals surface area contributed by atoms with Crippen LogP contribution in [-0.2, 0) is 6.54 Å². The number of carbonyl (C=O) groups is 1. The van der Waals surface area contributed by atoms with Gasteiger partial charge in [-0.1, -0.05) is 0 Å². The summed E-state index contributed by atoms with van der Waals surface area (Å²) in [7, 11) is 1.62. The minimum Gasteiger partial charge on any atom is -0.368 e. The number of hydrogen-bond acceptors (Lipinski definition) is 7. The molecule has 1 fully saturated rings. The molecule has 0 aliphatic carbocycles. The zero-order valence-corrected chi connectivity index (χ0v) is 18.1. The quantitative estimate of drug-likeness (QED) is 0.562. The Morgan fingerprint density at radius 2 is 1.94 bits per heavy atom. The summed E-state index contributed by atoms with van der Waals surface area (Å²) >= 11 is 0. The standard InChI is InChI=1S/C22H28N8O/c1-15-13-25-22(26-15)28-20-12-17(6-7-24-20)14-29-8-10-30(11-9-29)19-5-4-18(21(31)23-3)27-16(19)2/h4-7,12-13H,8-11,14H2,1-3H3,(H,23,31)(H2,24,25,26,28). The number of piperazine rings is 1. The molecule has 9 heteroatoms. The molecule has 3 N–H and O–H groups in total. The van der Waals surface area contributed by atoms with E-state index in [9.17, 15) is 4.79 Å². The first kappa shape index (κ1) is 20.8. The van der Waals surface area contributed by atoms with Crippen LogP contribution in [-0.4, -0.2) is 64.0 Å². The normalized spacial score (nSPS) is 14.5. The molecular formula is C22H28N8O. The van der Waals surface area contributed by atoms with E-state index in [2.05, 4.69) is 52.5 Å². The summed E-state index contributed by atoms with van der Waals surface area (Å²) in [5.41, 5.74) is 4.64. The Balaban J connectivity index is 1.34. The van der Waals surface area contributed by atoms with E-state index in [-0.39, 0.29) is 5.91 Å². The van der Waals surface area contributed by atoms with Crippen molar-refractivity contribution in [3.63, 3.8) is 0 Å². The third-order valence-corrected chi connectivity index (χ3v) is 5.41. The lowest BCUT2D eigenvalue weighted by atomic mass is 10.2. The van der Waals surface area contributed by atoms with Crippen molar-refractivity contribution in [2.24, 2.45) is 0 Å². The summed E-state index contributed by atoms with van der Waals surface area (Å²) in [6.45, 7) is 8.55. The van der Waals surface area contributed by atoms with Crippen LogP contribution in [0.3, 0.4) is 0 Å². The minimum absolute atomic E-state index is 0.159. The van der Waals surface area contributed by atoms with E-state index in [1.807, 2.05) is 26.1 Å². The molecule has 0 spiro atoms. The number of H-pyrrole nitrogens is 1. The van der Waals surface area contributed by atoms with Crippen molar-refractivity contribution in [3.05, 3.63) is 59.3 Å². The lowest BCUT2D eigenvalue weighted by molar-refractivity contribution is 0.0958. The molecule has 0 unspecified atom stereocenters. The molecule has 1 amide bonds. The maximum atomic E-state index is 11.8. The Bertz CT molecular complexity index is 1060. The lowest BCUT2D eigenvalue weighted by Crippen LogP contribution is -2.46. The second kappa shape index (κ2) is 9.13. The molecule has 4 heterocycles. The summed E-state index contributed by atoms with van der Waals surface area (Å²) < 4.78 is 0. The van der Waals surface area contributed by atoms with Crippen molar-refractivity contribution < 1.29 is 4.79 Å². The number of amides is 1. The van der Waals surface area contributed by atoms with Gasteiger partial charge >= 0.3 is 0 Å². The molecule has 9 nitrogen and oxygen atoms in total. The smallest absolute Gasteiger partial charge is 0.269 e. The molecule has 0 aromatic carbocycles. The number of nitrogens with zero attached hydrogens (tertiary/aromatic N) is 5. The van der Waals surface area contributed by atoms with E-state index in [0.29, 0.717) is 11.6 Å². The highest BCUT2D eigenvalue weighted by molar-refractivity contribution is 5.92. The Morgan fingerprint density at radius 1 is 1.13 bits per heavy atom. The van der Waals surface area contributed by atoms with Crippen LogP contribution in [0, 0.1) is 13.8 Å². The van der Waals surface area contributed by atoms with Gasteiger partial charge in [0, 0.05) is 57.9 Å². The molecule has 0 saturated carbocycles. The fourth-order valence-corrected chi connectivity index (χ4v) is 3.79. The largest absolute Gasteiger partial charge is 0.368 e. The molecular weight excluding hydrogens is 392 g/mol. The lowest BCUT2D eigenvalue weighted by Gasteiger charge is -2.36. The first-order valence-electron chi connectivity index (χ1n) is 10.4. The molecule has 0 radical (unpaired) electrons. The average molecular weight is 421 g/mol. The van der Waals surface area contributed by atoms with Gasteiger partial charge in [0.25, 0.3) is 5.91 Å². The number of nitrogens with one attached hydrogen (secondary N) is 3. The van der Waals surface area contributed by atoms with Crippen molar-refractivity contribution in [2.45, 2.75) is 20.4 Å². The molecule has 3 aromatic heterocycles. The van der Waals surface area contributed by atoms with E-state index >= 15 is 0 Å². The van der Waals surface area contributed by atoms with Gasteiger partial charge in [0.1, 0.15) is 11.5 Å². The third kappa shape index (κ3) is 5.00.